The van der Waals surface area contributed by atoms with E-state index in [0.29, 0.717) is 34.7 Å². The summed E-state index contributed by atoms with van der Waals surface area (Å²) in [5, 5.41) is 0. The molecule has 0 bridgehead atoms. The van der Waals surface area contributed by atoms with Crippen LogP contribution < -0.4 is 5.56 Å². The van der Waals surface area contributed by atoms with E-state index >= 15 is 0 Å². The topological polar surface area (TPSA) is 76.5 Å². The van der Waals surface area contributed by atoms with Crippen molar-refractivity contribution in [2.75, 3.05) is 0 Å². The molecule has 0 saturated heterocycles. The molecule has 0 radical (unpaired) electrons. The van der Waals surface area contributed by atoms with Crippen LogP contribution >= 0.6 is 12.4 Å². The van der Waals surface area contributed by atoms with E-state index in [1.807, 2.05) is 13.8 Å². The number of H-pyrrole nitrogens is 1. The van der Waals surface area contributed by atoms with Crippen molar-refractivity contribution in [2.45, 2.75) is 26.3 Å². The fourth-order valence-corrected chi connectivity index (χ4v) is 3.07. The monoisotopic (exact) mass is 417 g/mol. The van der Waals surface area contributed by atoms with Crippen LogP contribution in [0.4, 0.5) is 8.78 Å². The Bertz CT molecular complexity index is 1200. The van der Waals surface area contributed by atoms with Gasteiger partial charge in [-0.25, -0.2) is 18.7 Å². The Morgan fingerprint density at radius 2 is 1.83 bits per heavy atom. The Morgan fingerprint density at radius 1 is 1.10 bits per heavy atom. The Kier molecular flexibility index (Phi) is 5.74. The van der Waals surface area contributed by atoms with Crippen molar-refractivity contribution in [3.05, 3.63) is 76.2 Å². The number of aromatic nitrogens is 5. The van der Waals surface area contributed by atoms with Crippen LogP contribution in [0.1, 0.15) is 31.3 Å². The third-order valence-electron chi connectivity index (χ3n) is 4.40. The third kappa shape index (κ3) is 4.17. The summed E-state index contributed by atoms with van der Waals surface area (Å²) in [5.74, 6) is -0.841. The summed E-state index contributed by atoms with van der Waals surface area (Å²) < 4.78 is 28.5. The minimum absolute atomic E-state index is 0. The second-order valence-corrected chi connectivity index (χ2v) is 6.82. The van der Waals surface area contributed by atoms with Crippen LogP contribution in [0.25, 0.3) is 22.4 Å². The lowest BCUT2D eigenvalue weighted by Gasteiger charge is -2.07. The van der Waals surface area contributed by atoms with Gasteiger partial charge in [0.05, 0.1) is 12.0 Å². The van der Waals surface area contributed by atoms with Crippen molar-refractivity contribution < 1.29 is 8.78 Å². The Balaban J connectivity index is 0.00000240. The molecule has 0 unspecified atom stereocenters. The number of nitrogens with zero attached hydrogens (tertiary/aromatic N) is 4. The van der Waals surface area contributed by atoms with Crippen LogP contribution in [0.15, 0.2) is 47.7 Å². The summed E-state index contributed by atoms with van der Waals surface area (Å²) in [5.41, 5.74) is 2.20. The molecule has 4 aromatic rings. The fraction of sp³-hybridized carbons (Fsp3) is 0.200. The van der Waals surface area contributed by atoms with Crippen LogP contribution in [0.5, 0.6) is 0 Å². The molecule has 0 aliphatic carbocycles. The molecule has 4 rings (SSSR count). The molecule has 0 aliphatic heterocycles. The quantitative estimate of drug-likeness (QED) is 0.543. The minimum atomic E-state index is -0.656. The van der Waals surface area contributed by atoms with E-state index in [1.165, 1.54) is 12.1 Å². The Morgan fingerprint density at radius 3 is 2.45 bits per heavy atom. The van der Waals surface area contributed by atoms with Gasteiger partial charge in [-0.05, 0) is 37.6 Å². The number of hydrogen-bond donors (Lipinski definition) is 1. The van der Waals surface area contributed by atoms with Crippen molar-refractivity contribution in [1.82, 2.24) is 24.5 Å². The first-order valence-electron chi connectivity index (χ1n) is 8.78. The average Bonchev–Trinajstić information content (AvgIpc) is 3.06. The van der Waals surface area contributed by atoms with Gasteiger partial charge in [0.25, 0.3) is 5.56 Å². The van der Waals surface area contributed by atoms with Gasteiger partial charge in [-0.2, -0.15) is 0 Å². The van der Waals surface area contributed by atoms with E-state index in [9.17, 15) is 13.6 Å². The normalized spacial score (nSPS) is 11.1. The zero-order valence-corrected chi connectivity index (χ0v) is 16.5. The molecule has 0 amide bonds. The van der Waals surface area contributed by atoms with Crippen LogP contribution in [-0.2, 0) is 6.42 Å². The molecule has 150 valence electrons. The van der Waals surface area contributed by atoms with Gasteiger partial charge in [-0.15, -0.1) is 12.4 Å². The Labute approximate surface area is 171 Å². The molecule has 0 atom stereocenters. The number of hydrogen-bond acceptors (Lipinski definition) is 4. The molecule has 0 saturated carbocycles. The molecular weight excluding hydrogens is 400 g/mol. The number of imidazole rings is 1. The highest BCUT2D eigenvalue weighted by Gasteiger charge is 2.13. The molecule has 29 heavy (non-hydrogen) atoms. The van der Waals surface area contributed by atoms with Crippen LogP contribution in [-0.4, -0.2) is 24.5 Å². The summed E-state index contributed by atoms with van der Waals surface area (Å²) in [7, 11) is 0. The van der Waals surface area contributed by atoms with Crippen molar-refractivity contribution >= 4 is 23.6 Å². The molecule has 1 aromatic carbocycles. The van der Waals surface area contributed by atoms with E-state index in [4.69, 9.17) is 0 Å². The molecule has 0 fully saturated rings. The maximum Gasteiger partial charge on any atom is 0.277 e. The summed E-state index contributed by atoms with van der Waals surface area (Å²) in [4.78, 5) is 28.1. The van der Waals surface area contributed by atoms with E-state index in [0.717, 1.165) is 11.6 Å². The second-order valence-electron chi connectivity index (χ2n) is 6.82. The van der Waals surface area contributed by atoms with Crippen molar-refractivity contribution in [1.29, 1.82) is 0 Å². The SMILES string of the molecule is CC(C)n1cnc2nc(Cc3ccc(-c4cc(F)cc(F)c4)nc3)[nH]c(=O)c21.Cl. The number of rotatable bonds is 4. The molecular formula is C20H18ClF2N5O. The molecule has 3 aromatic heterocycles. The van der Waals surface area contributed by atoms with Crippen LogP contribution in [0, 0.1) is 11.6 Å². The molecule has 0 aliphatic rings. The van der Waals surface area contributed by atoms with Gasteiger partial charge >= 0.3 is 0 Å². The maximum atomic E-state index is 13.4. The number of benzene rings is 1. The lowest BCUT2D eigenvalue weighted by atomic mass is 10.1. The molecule has 0 spiro atoms. The summed E-state index contributed by atoms with van der Waals surface area (Å²) in [6.07, 6.45) is 3.55. The highest BCUT2D eigenvalue weighted by atomic mass is 35.5. The summed E-state index contributed by atoms with van der Waals surface area (Å²) in [6.45, 7) is 3.93. The lowest BCUT2D eigenvalue weighted by molar-refractivity contribution is 0.584. The number of aromatic amines is 1. The van der Waals surface area contributed by atoms with Gasteiger partial charge in [0.1, 0.15) is 17.5 Å². The predicted octanol–water partition coefficient (Wildman–Crippen LogP) is 4.05. The summed E-state index contributed by atoms with van der Waals surface area (Å²) >= 11 is 0. The maximum absolute atomic E-state index is 13.4. The van der Waals surface area contributed by atoms with Gasteiger partial charge in [0, 0.05) is 30.3 Å². The zero-order chi connectivity index (χ0) is 19.8. The van der Waals surface area contributed by atoms with Crippen molar-refractivity contribution in [3.63, 3.8) is 0 Å². The average molecular weight is 418 g/mol. The first-order valence-corrected chi connectivity index (χ1v) is 8.78. The smallest absolute Gasteiger partial charge is 0.277 e. The standard InChI is InChI=1S/C20H17F2N5O.ClH/c1-11(2)27-10-24-19-18(27)20(28)26-17(25-19)5-12-3-4-16(23-9-12)13-6-14(21)8-15(22)7-13;/h3-4,6-11H,5H2,1-2H3,(H,25,26,28);1H. The van der Waals surface area contributed by atoms with Gasteiger partial charge in [0.15, 0.2) is 11.2 Å². The van der Waals surface area contributed by atoms with Gasteiger partial charge in [-0.3, -0.25) is 9.78 Å². The van der Waals surface area contributed by atoms with E-state index in [2.05, 4.69) is 19.9 Å². The molecule has 3 heterocycles. The van der Waals surface area contributed by atoms with Gasteiger partial charge in [-0.1, -0.05) is 6.07 Å². The van der Waals surface area contributed by atoms with Gasteiger partial charge < -0.3 is 9.55 Å². The largest absolute Gasteiger partial charge is 0.322 e. The molecule has 6 nitrogen and oxygen atoms in total. The number of halogens is 3. The highest BCUT2D eigenvalue weighted by molar-refractivity contribution is 5.85. The third-order valence-corrected chi connectivity index (χ3v) is 4.40. The minimum Gasteiger partial charge on any atom is -0.322 e. The second kappa shape index (κ2) is 8.08. The van der Waals surface area contributed by atoms with Crippen molar-refractivity contribution in [3.8, 4) is 11.3 Å². The Hall–Kier alpha value is -3.13. The molecule has 9 heteroatoms. The number of nitrogens with one attached hydrogen (secondary N) is 1. The van der Waals surface area contributed by atoms with Gasteiger partial charge in [0.2, 0.25) is 0 Å². The van der Waals surface area contributed by atoms with Crippen molar-refractivity contribution in [2.24, 2.45) is 0 Å². The van der Waals surface area contributed by atoms with E-state index in [1.54, 1.807) is 29.2 Å². The lowest BCUT2D eigenvalue weighted by Crippen LogP contribution is -2.16. The number of fused-ring (bicyclic) bond motifs is 1. The van der Waals surface area contributed by atoms with E-state index in [-0.39, 0.29) is 24.0 Å². The van der Waals surface area contributed by atoms with Crippen LogP contribution in [0.3, 0.4) is 0 Å². The first kappa shape index (κ1) is 20.6. The predicted molar refractivity (Wildman–Crippen MR) is 108 cm³/mol. The molecule has 1 N–H and O–H groups in total. The van der Waals surface area contributed by atoms with Crippen LogP contribution in [0.2, 0.25) is 0 Å². The fourth-order valence-electron chi connectivity index (χ4n) is 3.07. The highest BCUT2D eigenvalue weighted by Crippen LogP contribution is 2.20. The summed E-state index contributed by atoms with van der Waals surface area (Å²) in [6, 6.07) is 6.82. The number of pyridine rings is 1. The zero-order valence-electron chi connectivity index (χ0n) is 15.7. The first-order chi connectivity index (χ1) is 13.4. The van der Waals surface area contributed by atoms with E-state index < -0.39 is 11.6 Å².